The maximum absolute atomic E-state index is 13.8. The van der Waals surface area contributed by atoms with Crippen LogP contribution in [-0.4, -0.2) is 36.5 Å². The van der Waals surface area contributed by atoms with Crippen molar-refractivity contribution in [1.29, 1.82) is 0 Å². The minimum absolute atomic E-state index is 0.0315. The SMILES string of the molecule is Cc1ccc(S(=O)(=O)N2CC[C@H](C(F)(F)F)C[C@@H]2c2ccccc2CNC(=S)NC(=O)c2ccccc2)cc1. The number of hydrogen-bond acceptors (Lipinski definition) is 4. The van der Waals surface area contributed by atoms with E-state index in [4.69, 9.17) is 12.2 Å². The van der Waals surface area contributed by atoms with Gasteiger partial charge in [-0.05, 0) is 67.4 Å². The summed E-state index contributed by atoms with van der Waals surface area (Å²) in [7, 11) is -4.08. The second-order valence-corrected chi connectivity index (χ2v) is 11.7. The van der Waals surface area contributed by atoms with Gasteiger partial charge in [-0.15, -0.1) is 0 Å². The summed E-state index contributed by atoms with van der Waals surface area (Å²) in [6.45, 7) is 1.64. The normalized spacial score (nSPS) is 18.4. The van der Waals surface area contributed by atoms with E-state index in [-0.39, 0.29) is 29.5 Å². The molecule has 6 nitrogen and oxygen atoms in total. The number of hydrogen-bond donors (Lipinski definition) is 2. The standard InChI is InChI=1S/C28H28F3N3O3S2/c1-19-11-13-23(14-12-19)39(36,37)34-16-15-22(28(29,30)31)17-25(34)24-10-6-5-9-21(24)18-32-27(38)33-26(35)20-7-3-2-4-8-20/h2-14,22,25H,15-18H2,1H3,(H2,32,33,35,38)/t22-,25+/m0/s1. The number of piperidine rings is 1. The van der Waals surface area contributed by atoms with Crippen LogP contribution in [0.25, 0.3) is 0 Å². The third-order valence-electron chi connectivity index (χ3n) is 6.76. The fourth-order valence-electron chi connectivity index (χ4n) is 4.66. The first-order valence-corrected chi connectivity index (χ1v) is 14.2. The van der Waals surface area contributed by atoms with Gasteiger partial charge in [0.2, 0.25) is 10.0 Å². The van der Waals surface area contributed by atoms with Crippen molar-refractivity contribution in [1.82, 2.24) is 14.9 Å². The van der Waals surface area contributed by atoms with Crippen molar-refractivity contribution in [2.45, 2.75) is 43.4 Å². The third kappa shape index (κ3) is 6.84. The molecule has 206 valence electrons. The molecule has 39 heavy (non-hydrogen) atoms. The Bertz CT molecular complexity index is 1430. The molecular formula is C28H28F3N3O3S2. The number of aryl methyl sites for hydroxylation is 1. The van der Waals surface area contributed by atoms with Crippen LogP contribution >= 0.6 is 12.2 Å². The first-order chi connectivity index (χ1) is 18.5. The van der Waals surface area contributed by atoms with Gasteiger partial charge >= 0.3 is 6.18 Å². The molecule has 4 rings (SSSR count). The van der Waals surface area contributed by atoms with Crippen LogP contribution in [0.2, 0.25) is 0 Å². The van der Waals surface area contributed by atoms with Gasteiger partial charge < -0.3 is 5.32 Å². The first-order valence-electron chi connectivity index (χ1n) is 12.3. The van der Waals surface area contributed by atoms with Gasteiger partial charge in [-0.1, -0.05) is 60.2 Å². The molecule has 0 spiro atoms. The lowest BCUT2D eigenvalue weighted by molar-refractivity contribution is -0.187. The molecule has 1 heterocycles. The Labute approximate surface area is 231 Å². The van der Waals surface area contributed by atoms with E-state index >= 15 is 0 Å². The van der Waals surface area contributed by atoms with Crippen molar-refractivity contribution in [3.8, 4) is 0 Å². The molecule has 1 aliphatic rings. The maximum Gasteiger partial charge on any atom is 0.391 e. The molecule has 0 aliphatic carbocycles. The van der Waals surface area contributed by atoms with E-state index in [1.54, 1.807) is 66.7 Å². The number of sulfonamides is 1. The lowest BCUT2D eigenvalue weighted by Gasteiger charge is -2.40. The van der Waals surface area contributed by atoms with Crippen molar-refractivity contribution < 1.29 is 26.4 Å². The fourth-order valence-corrected chi connectivity index (χ4v) is 6.46. The molecule has 3 aromatic carbocycles. The molecular weight excluding hydrogens is 547 g/mol. The summed E-state index contributed by atoms with van der Waals surface area (Å²) >= 11 is 5.26. The van der Waals surface area contributed by atoms with Crippen molar-refractivity contribution in [3.05, 3.63) is 101 Å². The molecule has 0 aromatic heterocycles. The van der Waals surface area contributed by atoms with Gasteiger partial charge in [0.25, 0.3) is 5.91 Å². The number of nitrogens with one attached hydrogen (secondary N) is 2. The highest BCUT2D eigenvalue weighted by Gasteiger charge is 2.47. The summed E-state index contributed by atoms with van der Waals surface area (Å²) in [4.78, 5) is 12.4. The summed E-state index contributed by atoms with van der Waals surface area (Å²) < 4.78 is 69.8. The maximum atomic E-state index is 13.8. The van der Waals surface area contributed by atoms with Gasteiger partial charge in [-0.2, -0.15) is 17.5 Å². The Morgan fingerprint density at radius 3 is 2.31 bits per heavy atom. The van der Waals surface area contributed by atoms with Crippen LogP contribution in [0.15, 0.2) is 83.8 Å². The molecule has 1 aliphatic heterocycles. The summed E-state index contributed by atoms with van der Waals surface area (Å²) in [6.07, 6.45) is -5.17. The number of halogens is 3. The van der Waals surface area contributed by atoms with Gasteiger partial charge in [-0.25, -0.2) is 8.42 Å². The topological polar surface area (TPSA) is 78.5 Å². The van der Waals surface area contributed by atoms with Crippen molar-refractivity contribution in [3.63, 3.8) is 0 Å². The molecule has 2 N–H and O–H groups in total. The monoisotopic (exact) mass is 575 g/mol. The summed E-state index contributed by atoms with van der Waals surface area (Å²) in [5, 5.41) is 5.54. The number of amides is 1. The predicted octanol–water partition coefficient (Wildman–Crippen LogP) is 5.50. The predicted molar refractivity (Wildman–Crippen MR) is 146 cm³/mol. The van der Waals surface area contributed by atoms with Crippen molar-refractivity contribution in [2.75, 3.05) is 6.54 Å². The van der Waals surface area contributed by atoms with Crippen molar-refractivity contribution >= 4 is 33.3 Å². The molecule has 0 radical (unpaired) electrons. The number of rotatable bonds is 6. The van der Waals surface area contributed by atoms with Crippen molar-refractivity contribution in [2.24, 2.45) is 5.92 Å². The van der Waals surface area contributed by atoms with Gasteiger partial charge in [0.1, 0.15) is 0 Å². The second kappa shape index (κ2) is 11.8. The number of benzene rings is 3. The van der Waals surface area contributed by atoms with Gasteiger partial charge in [0.05, 0.1) is 16.9 Å². The average molecular weight is 576 g/mol. The zero-order chi connectivity index (χ0) is 28.2. The molecule has 0 unspecified atom stereocenters. The summed E-state index contributed by atoms with van der Waals surface area (Å²) in [5.74, 6) is -2.05. The molecule has 3 aromatic rings. The highest BCUT2D eigenvalue weighted by atomic mass is 32.2. The molecule has 2 atom stereocenters. The summed E-state index contributed by atoms with van der Waals surface area (Å²) in [6, 6.07) is 20.4. The minimum Gasteiger partial charge on any atom is -0.358 e. The zero-order valence-corrected chi connectivity index (χ0v) is 22.7. The lowest BCUT2D eigenvalue weighted by atomic mass is 9.86. The largest absolute Gasteiger partial charge is 0.391 e. The Balaban J connectivity index is 1.60. The number of nitrogens with zero attached hydrogens (tertiary/aromatic N) is 1. The van der Waals surface area contributed by atoms with Gasteiger partial charge in [0.15, 0.2) is 5.11 Å². The van der Waals surface area contributed by atoms with Crippen LogP contribution in [-0.2, 0) is 16.6 Å². The minimum atomic E-state index is -4.45. The Hall–Kier alpha value is -3.28. The van der Waals surface area contributed by atoms with E-state index in [9.17, 15) is 26.4 Å². The van der Waals surface area contributed by atoms with Gasteiger partial charge in [0, 0.05) is 18.7 Å². The van der Waals surface area contributed by atoms with E-state index in [1.165, 1.54) is 16.4 Å². The number of carbonyl (C=O) groups excluding carboxylic acids is 1. The molecule has 0 saturated carbocycles. The Morgan fingerprint density at radius 2 is 1.64 bits per heavy atom. The number of alkyl halides is 3. The summed E-state index contributed by atoms with van der Waals surface area (Å²) in [5.41, 5.74) is 2.31. The zero-order valence-electron chi connectivity index (χ0n) is 21.1. The number of thiocarbonyl (C=S) groups is 1. The highest BCUT2D eigenvalue weighted by molar-refractivity contribution is 7.89. The third-order valence-corrected chi connectivity index (χ3v) is 8.93. The van der Waals surface area contributed by atoms with Crippen LogP contribution in [0, 0.1) is 12.8 Å². The molecule has 1 saturated heterocycles. The van der Waals surface area contributed by atoms with E-state index in [2.05, 4.69) is 10.6 Å². The van der Waals surface area contributed by atoms with Crippen LogP contribution in [0.1, 0.15) is 45.9 Å². The lowest BCUT2D eigenvalue weighted by Crippen LogP contribution is -2.44. The van der Waals surface area contributed by atoms with Crippen LogP contribution in [0.4, 0.5) is 13.2 Å². The Kier molecular flexibility index (Phi) is 8.73. The van der Waals surface area contributed by atoms with Crippen LogP contribution in [0.5, 0.6) is 0 Å². The smallest absolute Gasteiger partial charge is 0.358 e. The van der Waals surface area contributed by atoms with E-state index in [0.717, 1.165) is 5.56 Å². The fraction of sp³-hybridized carbons (Fsp3) is 0.286. The van der Waals surface area contributed by atoms with Crippen LogP contribution < -0.4 is 10.6 Å². The Morgan fingerprint density at radius 1 is 1.00 bits per heavy atom. The highest BCUT2D eigenvalue weighted by Crippen LogP contribution is 2.44. The van der Waals surface area contributed by atoms with Gasteiger partial charge in [-0.3, -0.25) is 10.1 Å². The van der Waals surface area contributed by atoms with E-state index in [0.29, 0.717) is 16.7 Å². The van der Waals surface area contributed by atoms with Crippen LogP contribution in [0.3, 0.4) is 0 Å². The second-order valence-electron chi connectivity index (χ2n) is 9.41. The average Bonchev–Trinajstić information content (AvgIpc) is 2.92. The molecule has 0 bridgehead atoms. The quantitative estimate of drug-likeness (QED) is 0.380. The van der Waals surface area contributed by atoms with E-state index < -0.39 is 40.5 Å². The molecule has 11 heteroatoms. The van der Waals surface area contributed by atoms with E-state index in [1.807, 2.05) is 6.92 Å². The molecule has 1 amide bonds. The number of carbonyl (C=O) groups is 1. The molecule has 1 fully saturated rings. The first kappa shape index (κ1) is 28.7.